The van der Waals surface area contributed by atoms with Crippen LogP contribution in [0.3, 0.4) is 0 Å². The minimum absolute atomic E-state index is 0.569. The molecule has 0 aromatic heterocycles. The van der Waals surface area contributed by atoms with Crippen LogP contribution >= 0.6 is 0 Å². The maximum Gasteiger partial charge on any atom is 0.116 e. The van der Waals surface area contributed by atoms with Gasteiger partial charge in [-0.25, -0.2) is 0 Å². The highest BCUT2D eigenvalue weighted by Gasteiger charge is 2.31. The van der Waals surface area contributed by atoms with Crippen molar-refractivity contribution in [2.75, 3.05) is 13.6 Å². The number of hydrogen-bond donors (Lipinski definition) is 1. The van der Waals surface area contributed by atoms with Crippen molar-refractivity contribution in [3.63, 3.8) is 0 Å². The summed E-state index contributed by atoms with van der Waals surface area (Å²) in [4.78, 5) is 8.81. The lowest BCUT2D eigenvalue weighted by Gasteiger charge is -2.39. The summed E-state index contributed by atoms with van der Waals surface area (Å²) in [7, 11) is 2.00. The first kappa shape index (κ1) is 29.4. The maximum absolute atomic E-state index is 8.81. The van der Waals surface area contributed by atoms with Crippen molar-refractivity contribution in [3.05, 3.63) is 0 Å². The van der Waals surface area contributed by atoms with E-state index in [-0.39, 0.29) is 0 Å². The lowest BCUT2D eigenvalue weighted by molar-refractivity contribution is -0.106. The number of carbonyl (C=O) groups excluding carboxylic acids is 1. The molecule has 2 heteroatoms. The number of hydrogen-bond acceptors (Lipinski definition) is 2. The van der Waals surface area contributed by atoms with Gasteiger partial charge >= 0.3 is 0 Å². The van der Waals surface area contributed by atoms with E-state index in [1.165, 1.54) is 77.7 Å². The summed E-state index contributed by atoms with van der Waals surface area (Å²) in [5.41, 5.74) is 1.16. The van der Waals surface area contributed by atoms with Crippen molar-refractivity contribution in [1.82, 2.24) is 5.32 Å². The predicted molar refractivity (Wildman–Crippen MR) is 116 cm³/mol. The molecule has 0 atom stereocenters. The molecule has 154 valence electrons. The molecule has 1 N–H and O–H groups in total. The van der Waals surface area contributed by atoms with Crippen LogP contribution in [0.1, 0.15) is 120 Å². The second kappa shape index (κ2) is 19.9. The molecule has 0 aromatic rings. The fourth-order valence-electron chi connectivity index (χ4n) is 3.59. The summed E-state index contributed by atoms with van der Waals surface area (Å²) >= 11 is 0. The first-order valence-electron chi connectivity index (χ1n) is 10.8. The zero-order chi connectivity index (χ0) is 20.2. The van der Waals surface area contributed by atoms with Gasteiger partial charge in [-0.15, -0.1) is 0 Å². The van der Waals surface area contributed by atoms with E-state index in [0.717, 1.165) is 6.29 Å². The molecule has 0 spiro atoms. The van der Waals surface area contributed by atoms with Gasteiger partial charge in [0, 0.05) is 0 Å². The molecule has 0 fully saturated rings. The molecule has 0 amide bonds. The van der Waals surface area contributed by atoms with Crippen LogP contribution in [0.4, 0.5) is 0 Å². The molecule has 0 radical (unpaired) electrons. The molecule has 0 aliphatic heterocycles. The maximum atomic E-state index is 8.81. The van der Waals surface area contributed by atoms with Gasteiger partial charge in [-0.2, -0.15) is 0 Å². The Labute approximate surface area is 160 Å². The van der Waals surface area contributed by atoms with Gasteiger partial charge in [0.1, 0.15) is 6.29 Å². The van der Waals surface area contributed by atoms with Crippen LogP contribution in [-0.4, -0.2) is 19.9 Å². The molecule has 0 aliphatic carbocycles. The summed E-state index contributed by atoms with van der Waals surface area (Å²) in [6.45, 7) is 19.2. The highest BCUT2D eigenvalue weighted by Crippen LogP contribution is 2.44. The summed E-state index contributed by atoms with van der Waals surface area (Å²) < 4.78 is 0. The van der Waals surface area contributed by atoms with Crippen LogP contribution in [0, 0.1) is 10.8 Å². The average molecular weight is 358 g/mol. The molecule has 0 bridgehead atoms. The van der Waals surface area contributed by atoms with Gasteiger partial charge in [0.2, 0.25) is 0 Å². The summed E-state index contributed by atoms with van der Waals surface area (Å²) in [6, 6.07) is 0. The number of rotatable bonds is 12. The van der Waals surface area contributed by atoms with E-state index < -0.39 is 0 Å². The van der Waals surface area contributed by atoms with Crippen LogP contribution in [0.2, 0.25) is 0 Å². The lowest BCUT2D eigenvalue weighted by atomic mass is 9.67. The Kier molecular flexibility index (Phi) is 23.5. The van der Waals surface area contributed by atoms with Crippen LogP contribution < -0.4 is 5.32 Å². The Balaban J connectivity index is -0.000000401. The van der Waals surface area contributed by atoms with E-state index in [1.807, 2.05) is 7.05 Å². The molecule has 0 aromatic carbocycles. The van der Waals surface area contributed by atoms with Crippen molar-refractivity contribution < 1.29 is 4.79 Å². The number of unbranched alkanes of at least 4 members (excludes halogenated alkanes) is 2. The van der Waals surface area contributed by atoms with E-state index in [9.17, 15) is 0 Å². The Morgan fingerprint density at radius 1 is 0.800 bits per heavy atom. The second-order valence-electron chi connectivity index (χ2n) is 8.05. The Morgan fingerprint density at radius 2 is 1.24 bits per heavy atom. The average Bonchev–Trinajstić information content (AvgIpc) is 2.57. The van der Waals surface area contributed by atoms with Crippen LogP contribution in [0.5, 0.6) is 0 Å². The first-order valence-corrected chi connectivity index (χ1v) is 10.8. The molecule has 0 unspecified atom stereocenters. The van der Waals surface area contributed by atoms with Crippen LogP contribution in [0.15, 0.2) is 0 Å². The Morgan fingerprint density at radius 3 is 1.52 bits per heavy atom. The normalized spacial score (nSPS) is 11.1. The summed E-state index contributed by atoms with van der Waals surface area (Å²) in [5.74, 6) is 0. The SMILES string of the molecule is CC=O.CCCC(C)(CCC)CC(C)(CC)CC.CCCCCNC. The molecule has 25 heavy (non-hydrogen) atoms. The van der Waals surface area contributed by atoms with Gasteiger partial charge in [0.05, 0.1) is 0 Å². The quantitative estimate of drug-likeness (QED) is 0.291. The third-order valence-electron chi connectivity index (χ3n) is 5.30. The van der Waals surface area contributed by atoms with Crippen LogP contribution in [-0.2, 0) is 4.79 Å². The smallest absolute Gasteiger partial charge is 0.116 e. The summed E-state index contributed by atoms with van der Waals surface area (Å²) in [6.07, 6.45) is 14.3. The van der Waals surface area contributed by atoms with Crippen molar-refractivity contribution in [2.45, 2.75) is 120 Å². The zero-order valence-electron chi connectivity index (χ0n) is 19.3. The van der Waals surface area contributed by atoms with Gasteiger partial charge in [0.15, 0.2) is 0 Å². The molecule has 0 heterocycles. The topological polar surface area (TPSA) is 29.1 Å². The van der Waals surface area contributed by atoms with Crippen molar-refractivity contribution in [2.24, 2.45) is 10.8 Å². The van der Waals surface area contributed by atoms with Gasteiger partial charge in [-0.1, -0.05) is 87.0 Å². The van der Waals surface area contributed by atoms with Gasteiger partial charge in [0.25, 0.3) is 0 Å². The molecule has 0 saturated carbocycles. The Bertz CT molecular complexity index is 249. The molecule has 0 rings (SSSR count). The van der Waals surface area contributed by atoms with E-state index in [0.29, 0.717) is 10.8 Å². The highest BCUT2D eigenvalue weighted by atomic mass is 16.1. The molecule has 0 saturated heterocycles. The largest absolute Gasteiger partial charge is 0.320 e. The third kappa shape index (κ3) is 19.8. The van der Waals surface area contributed by atoms with E-state index >= 15 is 0 Å². The fraction of sp³-hybridized carbons (Fsp3) is 0.957. The third-order valence-corrected chi connectivity index (χ3v) is 5.30. The number of nitrogens with one attached hydrogen (secondary N) is 1. The summed E-state index contributed by atoms with van der Waals surface area (Å²) in [5, 5.41) is 3.10. The van der Waals surface area contributed by atoms with E-state index in [2.05, 4.69) is 53.8 Å². The highest BCUT2D eigenvalue weighted by molar-refractivity contribution is 5.44. The molecular weight excluding hydrogens is 306 g/mol. The second-order valence-corrected chi connectivity index (χ2v) is 8.05. The first-order chi connectivity index (χ1) is 11.8. The van der Waals surface area contributed by atoms with Crippen LogP contribution in [0.25, 0.3) is 0 Å². The standard InChI is InChI=1S/C15H32.C6H15N.C2H4O/c1-7-11-15(6,12-8-2)13-14(5,9-3)10-4;1-3-4-5-6-7-2;1-2-3/h7-13H2,1-6H3;7H,3-6H2,1-2H3;2H,1H3. The fourth-order valence-corrected chi connectivity index (χ4v) is 3.59. The monoisotopic (exact) mass is 357 g/mol. The minimum atomic E-state index is 0.569. The van der Waals surface area contributed by atoms with Gasteiger partial charge < -0.3 is 10.1 Å². The predicted octanol–water partition coefficient (Wildman–Crippen LogP) is 7.41. The lowest BCUT2D eigenvalue weighted by Crippen LogP contribution is -2.27. The molecule has 0 aliphatic rings. The van der Waals surface area contributed by atoms with Crippen molar-refractivity contribution in [1.29, 1.82) is 0 Å². The van der Waals surface area contributed by atoms with Gasteiger partial charge in [-0.05, 0) is 57.0 Å². The van der Waals surface area contributed by atoms with Crippen molar-refractivity contribution >= 4 is 6.29 Å². The van der Waals surface area contributed by atoms with Crippen molar-refractivity contribution in [3.8, 4) is 0 Å². The molecular formula is C23H51NO. The van der Waals surface area contributed by atoms with Gasteiger partial charge in [-0.3, -0.25) is 0 Å². The number of aldehydes is 1. The van der Waals surface area contributed by atoms with E-state index in [1.54, 1.807) is 0 Å². The molecule has 2 nitrogen and oxygen atoms in total. The minimum Gasteiger partial charge on any atom is -0.320 e. The Hall–Kier alpha value is -0.370. The van der Waals surface area contributed by atoms with E-state index in [4.69, 9.17) is 4.79 Å². The number of carbonyl (C=O) groups is 1. The zero-order valence-corrected chi connectivity index (χ0v) is 19.3.